The predicted octanol–water partition coefficient (Wildman–Crippen LogP) is 5.68. The van der Waals surface area contributed by atoms with Crippen LogP contribution < -0.4 is 14.2 Å². The number of hydrogen-bond acceptors (Lipinski definition) is 6. The maximum atomic E-state index is 11.0. The third-order valence-corrected chi connectivity index (χ3v) is 4.83. The number of allylic oxidation sites excluding steroid dienone is 1. The molecule has 162 valence electrons. The van der Waals surface area contributed by atoms with E-state index in [4.69, 9.17) is 25.8 Å². The van der Waals surface area contributed by atoms with Crippen LogP contribution in [0.1, 0.15) is 6.92 Å². The molecule has 0 bridgehead atoms. The van der Waals surface area contributed by atoms with E-state index in [9.17, 15) is 15.3 Å². The second-order valence-electron chi connectivity index (χ2n) is 6.71. The van der Waals surface area contributed by atoms with Crippen LogP contribution in [0.25, 0.3) is 22.3 Å². The number of benzene rings is 3. The fraction of sp³-hybridized carbons (Fsp3) is 0.167. The largest absolute Gasteiger partial charge is 0.508 e. The molecule has 0 aliphatic carbocycles. The molecule has 0 aliphatic rings. The van der Waals surface area contributed by atoms with Crippen molar-refractivity contribution < 1.29 is 29.5 Å². The van der Waals surface area contributed by atoms with Crippen LogP contribution in [-0.2, 0) is 0 Å². The highest BCUT2D eigenvalue weighted by molar-refractivity contribution is 6.29. The van der Waals surface area contributed by atoms with Gasteiger partial charge in [-0.15, -0.1) is 0 Å². The zero-order chi connectivity index (χ0) is 22.5. The van der Waals surface area contributed by atoms with Crippen LogP contribution in [0.2, 0.25) is 0 Å². The Hall–Kier alpha value is -3.51. The van der Waals surface area contributed by atoms with Gasteiger partial charge in [0.1, 0.15) is 18.1 Å². The van der Waals surface area contributed by atoms with E-state index in [2.05, 4.69) is 0 Å². The molecule has 3 rings (SSSR count). The highest BCUT2D eigenvalue weighted by Gasteiger charge is 2.22. The molecule has 0 fully saturated rings. The molecule has 0 aromatic heterocycles. The van der Waals surface area contributed by atoms with E-state index in [1.807, 2.05) is 0 Å². The van der Waals surface area contributed by atoms with Gasteiger partial charge in [-0.1, -0.05) is 29.8 Å². The number of ether oxygens (including phenoxy) is 3. The minimum absolute atomic E-state index is 0.0962. The van der Waals surface area contributed by atoms with Gasteiger partial charge in [0.05, 0.1) is 19.8 Å². The number of phenolic OH excluding ortho intramolecular Hbond substituents is 3. The van der Waals surface area contributed by atoms with Crippen molar-refractivity contribution in [2.75, 3.05) is 20.8 Å². The normalized spacial score (nSPS) is 11.3. The summed E-state index contributed by atoms with van der Waals surface area (Å²) in [6.45, 7) is 1.95. The van der Waals surface area contributed by atoms with Gasteiger partial charge in [0.15, 0.2) is 23.0 Å². The van der Waals surface area contributed by atoms with Crippen LogP contribution in [0.3, 0.4) is 0 Å². The van der Waals surface area contributed by atoms with Crippen molar-refractivity contribution in [3.05, 3.63) is 59.6 Å². The minimum atomic E-state index is -0.140. The average molecular weight is 443 g/mol. The van der Waals surface area contributed by atoms with Gasteiger partial charge in [0.25, 0.3) is 0 Å². The molecule has 0 atom stereocenters. The van der Waals surface area contributed by atoms with E-state index in [0.29, 0.717) is 27.5 Å². The summed E-state index contributed by atoms with van der Waals surface area (Å²) in [7, 11) is 2.94. The summed E-state index contributed by atoms with van der Waals surface area (Å²) in [5, 5.41) is 31.6. The maximum absolute atomic E-state index is 11.0. The van der Waals surface area contributed by atoms with Crippen molar-refractivity contribution in [2.45, 2.75) is 6.92 Å². The topological polar surface area (TPSA) is 88.4 Å². The van der Waals surface area contributed by atoms with E-state index in [0.717, 1.165) is 5.56 Å². The summed E-state index contributed by atoms with van der Waals surface area (Å²) in [4.78, 5) is 0. The fourth-order valence-corrected chi connectivity index (χ4v) is 3.23. The van der Waals surface area contributed by atoms with Gasteiger partial charge in [0.2, 0.25) is 0 Å². The van der Waals surface area contributed by atoms with E-state index in [1.165, 1.54) is 20.3 Å². The Morgan fingerprint density at radius 3 is 2.16 bits per heavy atom. The molecule has 0 aliphatic heterocycles. The molecule has 0 radical (unpaired) electrons. The lowest BCUT2D eigenvalue weighted by Gasteiger charge is -2.18. The van der Waals surface area contributed by atoms with E-state index >= 15 is 0 Å². The first kappa shape index (κ1) is 22.2. The molecule has 0 saturated heterocycles. The predicted molar refractivity (Wildman–Crippen MR) is 121 cm³/mol. The number of phenols is 3. The van der Waals surface area contributed by atoms with Gasteiger partial charge in [-0.2, -0.15) is 0 Å². The number of hydrogen-bond donors (Lipinski definition) is 3. The molecular formula is C24H23ClO6. The summed E-state index contributed by atoms with van der Waals surface area (Å²) >= 11 is 5.79. The number of aromatic hydroxyl groups is 3. The molecule has 0 heterocycles. The molecule has 3 aromatic rings. The molecule has 0 amide bonds. The lowest BCUT2D eigenvalue weighted by atomic mass is 9.96. The third-order valence-electron chi connectivity index (χ3n) is 4.67. The zero-order valence-corrected chi connectivity index (χ0v) is 18.1. The number of methoxy groups -OCH3 is 2. The van der Waals surface area contributed by atoms with Gasteiger partial charge in [-0.05, 0) is 54.5 Å². The second-order valence-corrected chi connectivity index (χ2v) is 7.31. The summed E-state index contributed by atoms with van der Waals surface area (Å²) < 4.78 is 16.5. The van der Waals surface area contributed by atoms with Crippen LogP contribution >= 0.6 is 11.6 Å². The van der Waals surface area contributed by atoms with Crippen LogP contribution in [0, 0.1) is 0 Å². The number of halogens is 1. The first-order valence-electron chi connectivity index (χ1n) is 9.41. The molecule has 0 spiro atoms. The fourth-order valence-electron chi connectivity index (χ4n) is 3.17. The molecule has 3 aromatic carbocycles. The van der Waals surface area contributed by atoms with Crippen LogP contribution in [0.4, 0.5) is 0 Å². The van der Waals surface area contributed by atoms with Gasteiger partial charge < -0.3 is 29.5 Å². The van der Waals surface area contributed by atoms with Crippen LogP contribution in [0.5, 0.6) is 34.5 Å². The first-order chi connectivity index (χ1) is 14.8. The lowest BCUT2D eigenvalue weighted by Crippen LogP contribution is -1.97. The Morgan fingerprint density at radius 1 is 0.903 bits per heavy atom. The van der Waals surface area contributed by atoms with Gasteiger partial charge in [0, 0.05) is 10.6 Å². The highest BCUT2D eigenvalue weighted by atomic mass is 35.5. The molecular weight excluding hydrogens is 420 g/mol. The first-order valence-corrected chi connectivity index (χ1v) is 9.79. The molecule has 0 unspecified atom stereocenters. The molecule has 7 heteroatoms. The van der Waals surface area contributed by atoms with Gasteiger partial charge in [-0.3, -0.25) is 0 Å². The summed E-state index contributed by atoms with van der Waals surface area (Å²) in [6.07, 6.45) is 1.68. The van der Waals surface area contributed by atoms with Crippen molar-refractivity contribution in [2.24, 2.45) is 0 Å². The molecule has 0 saturated carbocycles. The Morgan fingerprint density at radius 2 is 1.58 bits per heavy atom. The smallest absolute Gasteiger partial charge is 0.170 e. The van der Waals surface area contributed by atoms with Gasteiger partial charge >= 0.3 is 0 Å². The monoisotopic (exact) mass is 442 g/mol. The summed E-state index contributed by atoms with van der Waals surface area (Å²) in [6, 6.07) is 13.0. The quantitative estimate of drug-likeness (QED) is 0.436. The Balaban J connectivity index is 2.08. The molecule has 3 N–H and O–H groups in total. The third kappa shape index (κ3) is 4.81. The van der Waals surface area contributed by atoms with Crippen molar-refractivity contribution in [1.29, 1.82) is 0 Å². The van der Waals surface area contributed by atoms with E-state index in [-0.39, 0.29) is 35.4 Å². The van der Waals surface area contributed by atoms with Crippen LogP contribution in [-0.4, -0.2) is 36.1 Å². The standard InChI is InChI=1S/C24H23ClO6/c1-14(25)10-11-31-20-9-6-16(12-19(20)27)22-21(29-2)13-18(24(30-3)23(22)28)15-4-7-17(26)8-5-15/h4-10,12-13,26-28H,11H2,1-3H3/b14-10-. The Labute approximate surface area is 185 Å². The summed E-state index contributed by atoms with van der Waals surface area (Å²) in [5.41, 5.74) is 2.19. The van der Waals surface area contributed by atoms with Crippen molar-refractivity contribution in [3.63, 3.8) is 0 Å². The molecule has 31 heavy (non-hydrogen) atoms. The zero-order valence-electron chi connectivity index (χ0n) is 17.3. The molecule has 6 nitrogen and oxygen atoms in total. The number of rotatable bonds is 7. The summed E-state index contributed by atoms with van der Waals surface area (Å²) in [5.74, 6) is 0.799. The van der Waals surface area contributed by atoms with E-state index in [1.54, 1.807) is 55.5 Å². The van der Waals surface area contributed by atoms with Gasteiger partial charge in [-0.25, -0.2) is 0 Å². The average Bonchev–Trinajstić information content (AvgIpc) is 2.74. The van der Waals surface area contributed by atoms with Crippen molar-refractivity contribution in [3.8, 4) is 56.8 Å². The van der Waals surface area contributed by atoms with Crippen molar-refractivity contribution in [1.82, 2.24) is 0 Å². The van der Waals surface area contributed by atoms with Crippen molar-refractivity contribution >= 4 is 11.6 Å². The second kappa shape index (κ2) is 9.53. The SMILES string of the molecule is COc1cc(-c2ccc(O)cc2)c(OC)c(O)c1-c1ccc(OC/C=C(/C)Cl)c(O)c1. The Kier molecular flexibility index (Phi) is 6.82. The Bertz CT molecular complexity index is 1100. The maximum Gasteiger partial charge on any atom is 0.170 e. The lowest BCUT2D eigenvalue weighted by molar-refractivity contribution is 0.336. The van der Waals surface area contributed by atoms with E-state index < -0.39 is 0 Å². The highest BCUT2D eigenvalue weighted by Crippen LogP contribution is 2.50. The van der Waals surface area contributed by atoms with Crippen LogP contribution in [0.15, 0.2) is 59.6 Å². The minimum Gasteiger partial charge on any atom is -0.508 e.